The van der Waals surface area contributed by atoms with E-state index < -0.39 is 0 Å². The summed E-state index contributed by atoms with van der Waals surface area (Å²) in [5.74, 6) is 0. The van der Waals surface area contributed by atoms with Gasteiger partial charge in [0.1, 0.15) is 0 Å². The van der Waals surface area contributed by atoms with Gasteiger partial charge in [-0.3, -0.25) is 0 Å². The van der Waals surface area contributed by atoms with Crippen LogP contribution in [-0.2, 0) is 12.8 Å². The molecule has 0 aromatic heterocycles. The summed E-state index contributed by atoms with van der Waals surface area (Å²) in [5.41, 5.74) is 16.4. The Balaban J connectivity index is 1.51. The maximum atomic E-state index is 2.41. The van der Waals surface area contributed by atoms with Gasteiger partial charge < -0.3 is 0 Å². The first-order valence-corrected chi connectivity index (χ1v) is 13.0. The molecule has 0 saturated carbocycles. The normalized spacial score (nSPS) is 15.9. The zero-order valence-corrected chi connectivity index (χ0v) is 20.7. The van der Waals surface area contributed by atoms with Crippen molar-refractivity contribution in [1.29, 1.82) is 0 Å². The van der Waals surface area contributed by atoms with Gasteiger partial charge in [-0.1, -0.05) is 96.1 Å². The molecule has 0 fully saturated rings. The molecule has 0 heterocycles. The van der Waals surface area contributed by atoms with Gasteiger partial charge in [0.05, 0.1) is 0 Å². The molecule has 170 valence electrons. The van der Waals surface area contributed by atoms with Gasteiger partial charge in [0.25, 0.3) is 0 Å². The van der Waals surface area contributed by atoms with Gasteiger partial charge in [0.2, 0.25) is 0 Å². The highest BCUT2D eigenvalue weighted by atomic mass is 14.3. The SMILES string of the molecule is Cc1ccc2c(c1)=C(c1ccc3c(c1)C=CC3)C1=c3ccc(C)cc3=C(c3ccc4c(c3)C=CC4)C=21. The fourth-order valence-corrected chi connectivity index (χ4v) is 6.63. The summed E-state index contributed by atoms with van der Waals surface area (Å²) >= 11 is 0. The largest absolute Gasteiger partial charge is 0.0795 e. The van der Waals surface area contributed by atoms with Crippen molar-refractivity contribution in [2.45, 2.75) is 26.7 Å². The van der Waals surface area contributed by atoms with Crippen molar-refractivity contribution >= 4 is 34.4 Å². The number of hydrogen-bond acceptors (Lipinski definition) is 0. The van der Waals surface area contributed by atoms with Crippen molar-refractivity contribution in [3.8, 4) is 0 Å². The Morgan fingerprint density at radius 1 is 0.444 bits per heavy atom. The Morgan fingerprint density at radius 3 is 1.39 bits per heavy atom. The lowest BCUT2D eigenvalue weighted by atomic mass is 9.90. The fraction of sp³-hybridized carbons (Fsp3) is 0.111. The van der Waals surface area contributed by atoms with E-state index in [-0.39, 0.29) is 0 Å². The second-order valence-electron chi connectivity index (χ2n) is 10.6. The van der Waals surface area contributed by atoms with Crippen LogP contribution in [0.5, 0.6) is 0 Å². The van der Waals surface area contributed by atoms with Crippen molar-refractivity contribution in [2.75, 3.05) is 0 Å². The maximum Gasteiger partial charge on any atom is -0.000763 e. The summed E-state index contributed by atoms with van der Waals surface area (Å²) < 4.78 is 0. The van der Waals surface area contributed by atoms with E-state index in [0.29, 0.717) is 0 Å². The first kappa shape index (κ1) is 20.1. The van der Waals surface area contributed by atoms with Gasteiger partial charge >= 0.3 is 0 Å². The van der Waals surface area contributed by atoms with Crippen LogP contribution in [0.2, 0.25) is 0 Å². The molecule has 0 unspecified atom stereocenters. The van der Waals surface area contributed by atoms with E-state index in [0.717, 1.165) is 12.8 Å². The Hall–Kier alpha value is -4.16. The molecule has 0 saturated heterocycles. The van der Waals surface area contributed by atoms with Gasteiger partial charge in [0, 0.05) is 0 Å². The van der Waals surface area contributed by atoms with E-state index in [4.69, 9.17) is 0 Å². The predicted octanol–water partition coefficient (Wildman–Crippen LogP) is 4.87. The van der Waals surface area contributed by atoms with Crippen LogP contribution in [0.15, 0.2) is 84.9 Å². The van der Waals surface area contributed by atoms with Gasteiger partial charge in [-0.05, 0) is 115 Å². The molecule has 0 nitrogen and oxygen atoms in total. The van der Waals surface area contributed by atoms with Gasteiger partial charge in [0.15, 0.2) is 0 Å². The molecule has 36 heavy (non-hydrogen) atoms. The summed E-state index contributed by atoms with van der Waals surface area (Å²) in [6.45, 7) is 4.42. The number of benzene rings is 4. The Bertz CT molecular complexity index is 1840. The minimum atomic E-state index is 1.04. The topological polar surface area (TPSA) is 0 Å². The molecule has 4 aliphatic carbocycles. The first-order chi connectivity index (χ1) is 17.7. The molecule has 0 heteroatoms. The summed E-state index contributed by atoms with van der Waals surface area (Å²) in [4.78, 5) is 0. The summed E-state index contributed by atoms with van der Waals surface area (Å²) in [7, 11) is 0. The quantitative estimate of drug-likeness (QED) is 0.402. The number of rotatable bonds is 2. The minimum Gasteiger partial charge on any atom is -0.0795 e. The number of allylic oxidation sites excluding steroid dienone is 2. The van der Waals surface area contributed by atoms with Crippen molar-refractivity contribution < 1.29 is 0 Å². The third-order valence-corrected chi connectivity index (χ3v) is 8.32. The predicted molar refractivity (Wildman–Crippen MR) is 151 cm³/mol. The molecule has 0 atom stereocenters. The molecule has 0 spiro atoms. The summed E-state index contributed by atoms with van der Waals surface area (Å²) in [6.07, 6.45) is 11.2. The lowest BCUT2D eigenvalue weighted by Crippen LogP contribution is -2.29. The van der Waals surface area contributed by atoms with Crippen molar-refractivity contribution in [1.82, 2.24) is 0 Å². The maximum absolute atomic E-state index is 2.41. The molecular formula is C36H26. The second-order valence-corrected chi connectivity index (χ2v) is 10.6. The van der Waals surface area contributed by atoms with E-state index in [1.807, 2.05) is 0 Å². The van der Waals surface area contributed by atoms with E-state index in [1.54, 1.807) is 0 Å². The highest BCUT2D eigenvalue weighted by Gasteiger charge is 2.30. The fourth-order valence-electron chi connectivity index (χ4n) is 6.63. The zero-order chi connectivity index (χ0) is 24.0. The standard InChI is InChI=1S/C36H26/c1-21-9-15-29-31(17-21)33(27-13-11-23-5-3-7-25(23)19-27)36-30-16-10-22(2)18-32(30)34(35(29)36)28-14-12-24-6-4-8-26(24)20-28/h3-4,7-20H,5-6H2,1-2H3. The number of hydrogen-bond donors (Lipinski definition) is 0. The molecule has 8 rings (SSSR count). The van der Waals surface area contributed by atoms with Crippen LogP contribution in [0.1, 0.15) is 44.5 Å². The van der Waals surface area contributed by atoms with E-state index in [1.165, 1.54) is 87.7 Å². The van der Waals surface area contributed by atoms with Crippen molar-refractivity contribution in [3.05, 3.63) is 150 Å². The van der Waals surface area contributed by atoms with Crippen LogP contribution < -0.4 is 20.9 Å². The van der Waals surface area contributed by atoms with Crippen LogP contribution in [0.25, 0.3) is 34.4 Å². The monoisotopic (exact) mass is 458 g/mol. The minimum absolute atomic E-state index is 1.04. The third-order valence-electron chi connectivity index (χ3n) is 8.32. The molecular weight excluding hydrogens is 432 g/mol. The van der Waals surface area contributed by atoms with E-state index in [2.05, 4.69) is 111 Å². The molecule has 0 bridgehead atoms. The van der Waals surface area contributed by atoms with Crippen LogP contribution >= 0.6 is 0 Å². The average Bonchev–Trinajstić information content (AvgIpc) is 3.65. The van der Waals surface area contributed by atoms with E-state index >= 15 is 0 Å². The zero-order valence-electron chi connectivity index (χ0n) is 20.7. The smallest absolute Gasteiger partial charge is 0.000763 e. The molecule has 4 aliphatic rings. The molecule has 0 aliphatic heterocycles. The molecule has 0 amide bonds. The van der Waals surface area contributed by atoms with Gasteiger partial charge in [-0.2, -0.15) is 0 Å². The van der Waals surface area contributed by atoms with Crippen LogP contribution in [0, 0.1) is 13.8 Å². The average molecular weight is 459 g/mol. The lowest BCUT2D eigenvalue weighted by Gasteiger charge is -2.13. The van der Waals surface area contributed by atoms with Crippen molar-refractivity contribution in [3.63, 3.8) is 0 Å². The van der Waals surface area contributed by atoms with Crippen molar-refractivity contribution in [2.24, 2.45) is 0 Å². The molecule has 0 N–H and O–H groups in total. The lowest BCUT2D eigenvalue weighted by molar-refractivity contribution is 1.30. The van der Waals surface area contributed by atoms with E-state index in [9.17, 15) is 0 Å². The van der Waals surface area contributed by atoms with Crippen LogP contribution in [0.3, 0.4) is 0 Å². The van der Waals surface area contributed by atoms with Crippen LogP contribution in [0.4, 0.5) is 0 Å². The molecule has 4 aromatic rings. The summed E-state index contributed by atoms with van der Waals surface area (Å²) in [6, 6.07) is 28.2. The Labute approximate surface area is 211 Å². The number of aryl methyl sites for hydroxylation is 2. The van der Waals surface area contributed by atoms with Gasteiger partial charge in [-0.25, -0.2) is 0 Å². The third kappa shape index (κ3) is 2.70. The van der Waals surface area contributed by atoms with Gasteiger partial charge in [-0.15, -0.1) is 0 Å². The first-order valence-electron chi connectivity index (χ1n) is 13.0. The molecule has 4 aromatic carbocycles. The molecule has 0 radical (unpaired) electrons. The highest BCUT2D eigenvalue weighted by Crippen LogP contribution is 2.40. The number of fused-ring (bicyclic) bond motifs is 5. The second kappa shape index (κ2) is 7.18. The Kier molecular flexibility index (Phi) is 4.00. The Morgan fingerprint density at radius 2 is 0.917 bits per heavy atom. The summed E-state index contributed by atoms with van der Waals surface area (Å²) in [5, 5.41) is 5.46. The highest BCUT2D eigenvalue weighted by molar-refractivity contribution is 6.31. The van der Waals surface area contributed by atoms with Crippen LogP contribution in [-0.4, -0.2) is 0 Å².